The minimum atomic E-state index is 0.229. The van der Waals surface area contributed by atoms with E-state index >= 15 is 0 Å². The van der Waals surface area contributed by atoms with Crippen molar-refractivity contribution in [2.45, 2.75) is 57.8 Å². The van der Waals surface area contributed by atoms with E-state index in [2.05, 4.69) is 30.6 Å². The summed E-state index contributed by atoms with van der Waals surface area (Å²) in [6, 6.07) is 1.71. The molecule has 3 aliphatic heterocycles. The SMILES string of the molecule is COC1CCN(C(=O)N2C3CC2CN(C(C)C(C)C)C3)C1. The molecule has 120 valence electrons. The summed E-state index contributed by atoms with van der Waals surface area (Å²) >= 11 is 0. The molecular formula is C16H29N3O2. The minimum Gasteiger partial charge on any atom is -0.380 e. The van der Waals surface area contributed by atoms with Crippen LogP contribution in [0.3, 0.4) is 0 Å². The van der Waals surface area contributed by atoms with Gasteiger partial charge in [-0.2, -0.15) is 0 Å². The predicted molar refractivity (Wildman–Crippen MR) is 82.3 cm³/mol. The molecule has 3 rings (SSSR count). The average molecular weight is 295 g/mol. The number of piperidine rings is 1. The first-order valence-electron chi connectivity index (χ1n) is 8.35. The van der Waals surface area contributed by atoms with Crippen LogP contribution in [0.5, 0.6) is 0 Å². The van der Waals surface area contributed by atoms with E-state index in [0.717, 1.165) is 32.6 Å². The van der Waals surface area contributed by atoms with Gasteiger partial charge in [-0.25, -0.2) is 4.79 Å². The van der Waals surface area contributed by atoms with E-state index < -0.39 is 0 Å². The van der Waals surface area contributed by atoms with Gasteiger partial charge in [-0.1, -0.05) is 13.8 Å². The zero-order chi connectivity index (χ0) is 15.1. The molecule has 2 amide bonds. The van der Waals surface area contributed by atoms with Crippen molar-refractivity contribution in [1.82, 2.24) is 14.7 Å². The summed E-state index contributed by atoms with van der Waals surface area (Å²) in [5, 5.41) is 0. The number of fused-ring (bicyclic) bond motifs is 2. The van der Waals surface area contributed by atoms with Crippen LogP contribution in [0.2, 0.25) is 0 Å². The van der Waals surface area contributed by atoms with Gasteiger partial charge in [0.05, 0.1) is 6.10 Å². The summed E-state index contributed by atoms with van der Waals surface area (Å²) < 4.78 is 5.37. The van der Waals surface area contributed by atoms with Gasteiger partial charge in [0.15, 0.2) is 0 Å². The van der Waals surface area contributed by atoms with Crippen molar-refractivity contribution in [3.8, 4) is 0 Å². The first kappa shape index (κ1) is 15.1. The molecule has 3 fully saturated rings. The first-order chi connectivity index (χ1) is 10.0. The van der Waals surface area contributed by atoms with Gasteiger partial charge in [-0.15, -0.1) is 0 Å². The van der Waals surface area contributed by atoms with E-state index in [-0.39, 0.29) is 12.1 Å². The second-order valence-electron chi connectivity index (χ2n) is 7.26. The largest absolute Gasteiger partial charge is 0.380 e. The first-order valence-corrected chi connectivity index (χ1v) is 8.35. The number of hydrogen-bond acceptors (Lipinski definition) is 3. The van der Waals surface area contributed by atoms with Gasteiger partial charge >= 0.3 is 6.03 Å². The van der Waals surface area contributed by atoms with Crippen LogP contribution in [0.15, 0.2) is 0 Å². The van der Waals surface area contributed by atoms with Gasteiger partial charge in [-0.3, -0.25) is 4.90 Å². The number of nitrogens with zero attached hydrogens (tertiary/aromatic N) is 3. The van der Waals surface area contributed by atoms with E-state index in [0.29, 0.717) is 24.0 Å². The topological polar surface area (TPSA) is 36.0 Å². The van der Waals surface area contributed by atoms with Crippen LogP contribution in [-0.2, 0) is 4.74 Å². The van der Waals surface area contributed by atoms with Gasteiger partial charge in [0.25, 0.3) is 0 Å². The molecule has 0 saturated carbocycles. The maximum atomic E-state index is 12.7. The summed E-state index contributed by atoms with van der Waals surface area (Å²) in [7, 11) is 1.74. The van der Waals surface area contributed by atoms with Gasteiger partial charge < -0.3 is 14.5 Å². The van der Waals surface area contributed by atoms with Gasteiger partial charge in [0.1, 0.15) is 0 Å². The third-order valence-electron chi connectivity index (χ3n) is 5.73. The normalized spacial score (nSPS) is 34.2. The quantitative estimate of drug-likeness (QED) is 0.794. The Bertz CT molecular complexity index is 389. The Kier molecular flexibility index (Phi) is 4.14. The number of carbonyl (C=O) groups is 1. The number of ether oxygens (including phenoxy) is 1. The molecule has 4 unspecified atom stereocenters. The average Bonchev–Trinajstić information content (AvgIpc) is 2.95. The van der Waals surface area contributed by atoms with Crippen LogP contribution < -0.4 is 0 Å². The molecular weight excluding hydrogens is 266 g/mol. The Hall–Kier alpha value is -0.810. The molecule has 3 saturated heterocycles. The van der Waals surface area contributed by atoms with Gasteiger partial charge in [-0.05, 0) is 25.7 Å². The highest BCUT2D eigenvalue weighted by Gasteiger charge is 2.49. The molecule has 0 radical (unpaired) electrons. The zero-order valence-electron chi connectivity index (χ0n) is 13.8. The molecule has 3 heterocycles. The molecule has 0 aliphatic carbocycles. The van der Waals surface area contributed by atoms with Crippen molar-refractivity contribution in [2.24, 2.45) is 5.92 Å². The Balaban J connectivity index is 1.57. The van der Waals surface area contributed by atoms with Crippen molar-refractivity contribution >= 4 is 6.03 Å². The number of urea groups is 1. The molecule has 5 nitrogen and oxygen atoms in total. The Morgan fingerprint density at radius 2 is 1.81 bits per heavy atom. The maximum Gasteiger partial charge on any atom is 0.320 e. The fourth-order valence-electron chi connectivity index (χ4n) is 3.97. The monoisotopic (exact) mass is 295 g/mol. The molecule has 3 aliphatic rings. The lowest BCUT2D eigenvalue weighted by atomic mass is 9.86. The summed E-state index contributed by atoms with van der Waals surface area (Å²) in [6.07, 6.45) is 2.39. The van der Waals surface area contributed by atoms with Gasteiger partial charge in [0.2, 0.25) is 0 Å². The number of carbonyl (C=O) groups excluding carboxylic acids is 1. The fraction of sp³-hybridized carbons (Fsp3) is 0.938. The van der Waals surface area contributed by atoms with Gasteiger partial charge in [0, 0.05) is 51.4 Å². The lowest BCUT2D eigenvalue weighted by Gasteiger charge is -2.58. The predicted octanol–water partition coefficient (Wildman–Crippen LogP) is 1.63. The van der Waals surface area contributed by atoms with Crippen LogP contribution in [-0.4, -0.2) is 78.2 Å². The van der Waals surface area contributed by atoms with E-state index in [4.69, 9.17) is 4.74 Å². The number of hydrogen-bond donors (Lipinski definition) is 0. The maximum absolute atomic E-state index is 12.7. The highest BCUT2D eigenvalue weighted by molar-refractivity contribution is 5.77. The summed E-state index contributed by atoms with van der Waals surface area (Å²) in [6.45, 7) is 10.6. The number of piperazine rings is 1. The third-order valence-corrected chi connectivity index (χ3v) is 5.73. The van der Waals surface area contributed by atoms with E-state index in [1.807, 2.05) is 4.90 Å². The Morgan fingerprint density at radius 1 is 1.14 bits per heavy atom. The second-order valence-corrected chi connectivity index (χ2v) is 7.26. The van der Waals surface area contributed by atoms with Crippen LogP contribution in [0, 0.1) is 5.92 Å². The molecule has 0 aromatic rings. The number of rotatable bonds is 3. The van der Waals surface area contributed by atoms with Crippen molar-refractivity contribution in [3.63, 3.8) is 0 Å². The molecule has 0 aromatic heterocycles. The van der Waals surface area contributed by atoms with E-state index in [9.17, 15) is 4.79 Å². The highest BCUT2D eigenvalue weighted by Crippen LogP contribution is 2.35. The van der Waals surface area contributed by atoms with Crippen LogP contribution >= 0.6 is 0 Å². The molecule has 0 aromatic carbocycles. The summed E-state index contributed by atoms with van der Waals surface area (Å²) in [5.41, 5.74) is 0. The van der Waals surface area contributed by atoms with Crippen molar-refractivity contribution in [2.75, 3.05) is 33.3 Å². The molecule has 5 heteroatoms. The number of amides is 2. The Morgan fingerprint density at radius 3 is 2.33 bits per heavy atom. The molecule has 4 atom stereocenters. The van der Waals surface area contributed by atoms with Crippen molar-refractivity contribution in [1.29, 1.82) is 0 Å². The van der Waals surface area contributed by atoms with Crippen LogP contribution in [0.1, 0.15) is 33.6 Å². The smallest absolute Gasteiger partial charge is 0.320 e. The zero-order valence-corrected chi connectivity index (χ0v) is 13.8. The standard InChI is InChI=1S/C16H29N3O2/c1-11(2)12(3)18-8-13-7-14(9-18)19(13)16(20)17-6-5-15(10-17)21-4/h11-15H,5-10H2,1-4H3. The Labute approximate surface area is 128 Å². The molecule has 2 bridgehead atoms. The molecule has 0 N–H and O–H groups in total. The number of likely N-dealkylation sites (tertiary alicyclic amines) is 3. The highest BCUT2D eigenvalue weighted by atomic mass is 16.5. The number of methoxy groups -OCH3 is 1. The van der Waals surface area contributed by atoms with Crippen LogP contribution in [0.4, 0.5) is 4.79 Å². The van der Waals surface area contributed by atoms with Crippen molar-refractivity contribution in [3.05, 3.63) is 0 Å². The minimum absolute atomic E-state index is 0.229. The summed E-state index contributed by atoms with van der Waals surface area (Å²) in [5.74, 6) is 0.674. The second kappa shape index (κ2) is 5.76. The van der Waals surface area contributed by atoms with E-state index in [1.165, 1.54) is 6.42 Å². The molecule has 0 spiro atoms. The third kappa shape index (κ3) is 2.66. The van der Waals surface area contributed by atoms with Crippen molar-refractivity contribution < 1.29 is 9.53 Å². The van der Waals surface area contributed by atoms with Crippen LogP contribution in [0.25, 0.3) is 0 Å². The fourth-order valence-corrected chi connectivity index (χ4v) is 3.97. The molecule has 21 heavy (non-hydrogen) atoms. The lowest BCUT2D eigenvalue weighted by molar-refractivity contribution is -0.0625. The summed E-state index contributed by atoms with van der Waals surface area (Å²) in [4.78, 5) is 19.4. The van der Waals surface area contributed by atoms with E-state index in [1.54, 1.807) is 7.11 Å². The lowest BCUT2D eigenvalue weighted by Crippen LogP contribution is -2.72.